The zero-order chi connectivity index (χ0) is 25.1. The molecule has 2 saturated heterocycles. The fourth-order valence-electron chi connectivity index (χ4n) is 6.25. The van der Waals surface area contributed by atoms with Crippen LogP contribution in [0.25, 0.3) is 10.2 Å². The number of anilines is 1. The number of nitrogens with one attached hydrogen (secondary N) is 1. The molecular formula is C27H28N6O3S. The van der Waals surface area contributed by atoms with Gasteiger partial charge in [-0.3, -0.25) is 24.6 Å². The summed E-state index contributed by atoms with van der Waals surface area (Å²) in [6.45, 7) is 4.96. The fourth-order valence-corrected chi connectivity index (χ4v) is 7.48. The number of nitrogens with zero attached hydrogens (tertiary/aromatic N) is 5. The van der Waals surface area contributed by atoms with E-state index in [-0.39, 0.29) is 24.1 Å². The highest BCUT2D eigenvalue weighted by atomic mass is 32.1. The summed E-state index contributed by atoms with van der Waals surface area (Å²) < 4.78 is 0. The second-order valence-electron chi connectivity index (χ2n) is 10.4. The number of imide groups is 1. The highest BCUT2D eigenvalue weighted by molar-refractivity contribution is 7.19. The summed E-state index contributed by atoms with van der Waals surface area (Å²) in [6.07, 6.45) is 5.90. The lowest BCUT2D eigenvalue weighted by molar-refractivity contribution is -0.136. The van der Waals surface area contributed by atoms with E-state index in [1.54, 1.807) is 11.2 Å². The second-order valence-corrected chi connectivity index (χ2v) is 11.5. The zero-order valence-corrected chi connectivity index (χ0v) is 21.4. The van der Waals surface area contributed by atoms with Crippen LogP contribution < -0.4 is 10.2 Å². The van der Waals surface area contributed by atoms with Gasteiger partial charge in [-0.05, 0) is 48.4 Å². The number of hydrogen-bond donors (Lipinski definition) is 1. The largest absolute Gasteiger partial charge is 0.353 e. The highest BCUT2D eigenvalue weighted by Crippen LogP contribution is 2.40. The van der Waals surface area contributed by atoms with Crippen LogP contribution >= 0.6 is 11.3 Å². The monoisotopic (exact) mass is 516 g/mol. The third kappa shape index (κ3) is 3.90. The van der Waals surface area contributed by atoms with E-state index >= 15 is 0 Å². The van der Waals surface area contributed by atoms with Crippen molar-refractivity contribution in [2.45, 2.75) is 51.2 Å². The van der Waals surface area contributed by atoms with E-state index in [1.165, 1.54) is 34.2 Å². The molecular weight excluding hydrogens is 488 g/mol. The summed E-state index contributed by atoms with van der Waals surface area (Å²) in [4.78, 5) is 55.1. The number of carbonyl (C=O) groups is 3. The van der Waals surface area contributed by atoms with Gasteiger partial charge in [0.1, 0.15) is 23.0 Å². The van der Waals surface area contributed by atoms with Crippen LogP contribution in [-0.2, 0) is 35.5 Å². The molecule has 0 saturated carbocycles. The molecule has 3 aromatic rings. The van der Waals surface area contributed by atoms with Crippen LogP contribution in [0.3, 0.4) is 0 Å². The number of thiophene rings is 1. The predicted octanol–water partition coefficient (Wildman–Crippen LogP) is 2.26. The van der Waals surface area contributed by atoms with Gasteiger partial charge in [-0.15, -0.1) is 11.3 Å². The molecule has 9 nitrogen and oxygen atoms in total. The fraction of sp³-hybridized carbons (Fsp3) is 0.444. The Morgan fingerprint density at radius 1 is 1.03 bits per heavy atom. The van der Waals surface area contributed by atoms with Gasteiger partial charge in [0.15, 0.2) is 0 Å². The summed E-state index contributed by atoms with van der Waals surface area (Å²) in [5.74, 6) is 0.328. The number of hydrogen-bond acceptors (Lipinski definition) is 8. The smallest absolute Gasteiger partial charge is 0.255 e. The lowest BCUT2D eigenvalue weighted by Gasteiger charge is -2.35. The van der Waals surface area contributed by atoms with Crippen LogP contribution in [0.1, 0.15) is 51.2 Å². The van der Waals surface area contributed by atoms with E-state index in [9.17, 15) is 14.4 Å². The van der Waals surface area contributed by atoms with Crippen molar-refractivity contribution in [3.63, 3.8) is 0 Å². The van der Waals surface area contributed by atoms with Crippen LogP contribution in [0, 0.1) is 0 Å². The highest BCUT2D eigenvalue weighted by Gasteiger charge is 2.39. The van der Waals surface area contributed by atoms with Crippen LogP contribution in [0.15, 0.2) is 24.5 Å². The number of piperidine rings is 1. The summed E-state index contributed by atoms with van der Waals surface area (Å²) in [6, 6.07) is 5.45. The molecule has 37 heavy (non-hydrogen) atoms. The molecule has 3 aliphatic heterocycles. The lowest BCUT2D eigenvalue weighted by atomic mass is 10.0. The van der Waals surface area contributed by atoms with E-state index in [2.05, 4.69) is 26.2 Å². The van der Waals surface area contributed by atoms with Gasteiger partial charge in [-0.25, -0.2) is 9.97 Å². The summed E-state index contributed by atoms with van der Waals surface area (Å²) in [7, 11) is 0. The number of rotatable bonds is 4. The number of piperazine rings is 1. The number of aryl methyl sites for hydroxylation is 2. The Labute approximate surface area is 218 Å². The quantitative estimate of drug-likeness (QED) is 0.531. The molecule has 190 valence electrons. The first-order valence-corrected chi connectivity index (χ1v) is 13.9. The maximum Gasteiger partial charge on any atom is 0.255 e. The Bertz CT molecular complexity index is 1440. The van der Waals surface area contributed by atoms with Crippen LogP contribution in [0.2, 0.25) is 0 Å². The van der Waals surface area contributed by atoms with E-state index in [1.807, 2.05) is 23.5 Å². The molecule has 1 N–H and O–H groups in total. The molecule has 2 fully saturated rings. The van der Waals surface area contributed by atoms with Crippen molar-refractivity contribution in [3.05, 3.63) is 51.7 Å². The van der Waals surface area contributed by atoms with Gasteiger partial charge in [0.25, 0.3) is 5.91 Å². The second kappa shape index (κ2) is 8.88. The van der Waals surface area contributed by atoms with Crippen LogP contribution in [-0.4, -0.2) is 69.7 Å². The first kappa shape index (κ1) is 22.8. The third-order valence-corrected chi connectivity index (χ3v) is 9.35. The molecule has 0 bridgehead atoms. The minimum absolute atomic E-state index is 0.124. The Morgan fingerprint density at radius 2 is 1.89 bits per heavy atom. The molecule has 10 heteroatoms. The Kier molecular flexibility index (Phi) is 5.47. The number of carbonyl (C=O) groups excluding carboxylic acids is 3. The first-order chi connectivity index (χ1) is 18.0. The Morgan fingerprint density at radius 3 is 2.73 bits per heavy atom. The third-order valence-electron chi connectivity index (χ3n) is 8.15. The Hall–Kier alpha value is -3.37. The molecule has 7 rings (SSSR count). The minimum Gasteiger partial charge on any atom is -0.353 e. The van der Waals surface area contributed by atoms with Crippen molar-refractivity contribution in [1.82, 2.24) is 25.1 Å². The van der Waals surface area contributed by atoms with Crippen molar-refractivity contribution in [3.8, 4) is 0 Å². The zero-order valence-electron chi connectivity index (χ0n) is 20.5. The van der Waals surface area contributed by atoms with Crippen molar-refractivity contribution < 1.29 is 14.4 Å². The average Bonchev–Trinajstić information content (AvgIpc) is 3.58. The summed E-state index contributed by atoms with van der Waals surface area (Å²) in [5.41, 5.74) is 4.26. The molecule has 0 spiro atoms. The van der Waals surface area contributed by atoms with Crippen molar-refractivity contribution in [2.24, 2.45) is 0 Å². The van der Waals surface area contributed by atoms with Gasteiger partial charge >= 0.3 is 0 Å². The van der Waals surface area contributed by atoms with Crippen molar-refractivity contribution in [2.75, 3.05) is 31.1 Å². The molecule has 1 aromatic carbocycles. The van der Waals surface area contributed by atoms with E-state index in [4.69, 9.17) is 4.98 Å². The lowest BCUT2D eigenvalue weighted by Crippen LogP contribution is -2.52. The summed E-state index contributed by atoms with van der Waals surface area (Å²) >= 11 is 1.83. The standard InChI is InChI=1S/C27H28N6O3S/c34-22-7-6-20(25(35)30-22)33-14-17-12-16(4-5-18(17)27(33)36)13-31-8-10-32(11-9-31)24-23-19-2-1-3-21(19)37-26(23)29-15-28-24/h4-5,12,15,20H,1-3,6-11,13-14H2,(H,30,34,35). The average molecular weight is 517 g/mol. The molecule has 1 unspecified atom stereocenters. The number of aromatic nitrogens is 2. The van der Waals surface area contributed by atoms with Crippen molar-refractivity contribution in [1.29, 1.82) is 0 Å². The van der Waals surface area contributed by atoms with Crippen LogP contribution in [0.4, 0.5) is 5.82 Å². The van der Waals surface area contributed by atoms with Gasteiger partial charge in [0, 0.05) is 56.1 Å². The first-order valence-electron chi connectivity index (χ1n) is 13.0. The van der Waals surface area contributed by atoms with Gasteiger partial charge in [-0.2, -0.15) is 0 Å². The molecule has 5 heterocycles. The van der Waals surface area contributed by atoms with E-state index in [0.29, 0.717) is 18.5 Å². The topological polar surface area (TPSA) is 98.7 Å². The SMILES string of the molecule is O=C1CCC(N2Cc3cc(CN4CCN(c5ncnc6sc7c(c56)CCC7)CC4)ccc3C2=O)C(=O)N1. The van der Waals surface area contributed by atoms with Gasteiger partial charge in [-0.1, -0.05) is 12.1 Å². The molecule has 1 atom stereocenters. The summed E-state index contributed by atoms with van der Waals surface area (Å²) in [5, 5.41) is 3.64. The minimum atomic E-state index is -0.577. The molecule has 0 radical (unpaired) electrons. The molecule has 3 amide bonds. The molecule has 1 aliphatic carbocycles. The number of fused-ring (bicyclic) bond motifs is 4. The maximum atomic E-state index is 13.0. The predicted molar refractivity (Wildman–Crippen MR) is 139 cm³/mol. The normalized spacial score (nSPS) is 22.1. The van der Waals surface area contributed by atoms with Crippen LogP contribution in [0.5, 0.6) is 0 Å². The van der Waals surface area contributed by atoms with Gasteiger partial charge < -0.3 is 9.80 Å². The van der Waals surface area contributed by atoms with Gasteiger partial charge in [0.05, 0.1) is 5.39 Å². The van der Waals surface area contributed by atoms with E-state index < -0.39 is 6.04 Å². The molecule has 2 aromatic heterocycles. The van der Waals surface area contributed by atoms with Crippen molar-refractivity contribution >= 4 is 45.1 Å². The van der Waals surface area contributed by atoms with E-state index in [0.717, 1.165) is 55.4 Å². The number of benzene rings is 1. The number of amides is 3. The van der Waals surface area contributed by atoms with Gasteiger partial charge in [0.2, 0.25) is 11.8 Å². The maximum absolute atomic E-state index is 13.0. The molecule has 4 aliphatic rings. The Balaban J connectivity index is 1.02.